The predicted molar refractivity (Wildman–Crippen MR) is 99.9 cm³/mol. The van der Waals surface area contributed by atoms with Gasteiger partial charge >= 0.3 is 0 Å². The van der Waals surface area contributed by atoms with Crippen LogP contribution in [0.3, 0.4) is 0 Å². The van der Waals surface area contributed by atoms with E-state index in [0.29, 0.717) is 5.75 Å². The number of fused-ring (bicyclic) bond motifs is 1. The lowest BCUT2D eigenvalue weighted by molar-refractivity contribution is -0.364. The summed E-state index contributed by atoms with van der Waals surface area (Å²) in [6.45, 7) is 3.19. The topological polar surface area (TPSA) is 63.5 Å². The second kappa shape index (κ2) is 7.37. The average Bonchev–Trinajstić information content (AvgIpc) is 3.16. The zero-order valence-corrected chi connectivity index (χ0v) is 15.2. The molecule has 1 aliphatic heterocycles. The van der Waals surface area contributed by atoms with Crippen LogP contribution < -0.4 is 9.88 Å². The highest BCUT2D eigenvalue weighted by atomic mass is 32.2. The van der Waals surface area contributed by atoms with E-state index in [1.165, 1.54) is 11.8 Å². The molecule has 1 fully saturated rings. The molecule has 4 rings (SSSR count). The fourth-order valence-electron chi connectivity index (χ4n) is 2.88. The number of pyridine rings is 1. The number of piperazine rings is 1. The third-order valence-corrected chi connectivity index (χ3v) is 6.03. The Morgan fingerprint density at radius 2 is 2.08 bits per heavy atom. The number of amides is 1. The lowest BCUT2D eigenvalue weighted by Crippen LogP contribution is -2.50. The first-order valence-corrected chi connectivity index (χ1v) is 9.98. The van der Waals surface area contributed by atoms with Crippen molar-refractivity contribution in [1.29, 1.82) is 0 Å². The third-order valence-electron chi connectivity index (χ3n) is 4.22. The number of hydrogen-bond acceptors (Lipinski definition) is 6. The van der Waals surface area contributed by atoms with E-state index in [4.69, 9.17) is 0 Å². The van der Waals surface area contributed by atoms with Gasteiger partial charge < -0.3 is 4.90 Å². The van der Waals surface area contributed by atoms with E-state index in [0.717, 1.165) is 47.2 Å². The molecule has 1 aliphatic rings. The van der Waals surface area contributed by atoms with Crippen LogP contribution in [0.1, 0.15) is 0 Å². The molecule has 0 bridgehead atoms. The van der Waals surface area contributed by atoms with Gasteiger partial charge in [-0.1, -0.05) is 17.8 Å². The molecule has 25 heavy (non-hydrogen) atoms. The average molecular weight is 372 g/mol. The fraction of sp³-hybridized carbons (Fsp3) is 0.294. The van der Waals surface area contributed by atoms with Gasteiger partial charge in [0.25, 0.3) is 5.82 Å². The highest BCUT2D eigenvalue weighted by Gasteiger charge is 2.26. The number of hydrogen-bond donors (Lipinski definition) is 0. The maximum Gasteiger partial charge on any atom is 0.274 e. The summed E-state index contributed by atoms with van der Waals surface area (Å²) in [5.74, 6) is 1.69. The van der Waals surface area contributed by atoms with E-state index in [1.54, 1.807) is 17.7 Å². The zero-order valence-electron chi connectivity index (χ0n) is 13.6. The summed E-state index contributed by atoms with van der Waals surface area (Å²) < 4.78 is 0. The minimum atomic E-state index is 0.170. The van der Waals surface area contributed by atoms with Crippen LogP contribution in [0.15, 0.2) is 47.2 Å². The van der Waals surface area contributed by atoms with Crippen molar-refractivity contribution in [3.05, 3.63) is 42.2 Å². The number of carbonyl (C=O) groups is 1. The Balaban J connectivity index is 1.33. The molecule has 1 amide bonds. The number of aromatic nitrogens is 3. The SMILES string of the molecule is O=C(CSc1ncnc2sccc12)N1CCN(c2cccc[nH+]2)CC1. The Labute approximate surface area is 153 Å². The lowest BCUT2D eigenvalue weighted by atomic mass is 10.3. The molecule has 3 aromatic rings. The van der Waals surface area contributed by atoms with Gasteiger partial charge in [-0.25, -0.2) is 15.0 Å². The molecular formula is C17H18N5OS2+. The van der Waals surface area contributed by atoms with Crippen LogP contribution >= 0.6 is 23.1 Å². The van der Waals surface area contributed by atoms with Gasteiger partial charge in [0.2, 0.25) is 5.91 Å². The number of carbonyl (C=O) groups excluding carboxylic acids is 1. The number of nitrogens with zero attached hydrogens (tertiary/aromatic N) is 4. The summed E-state index contributed by atoms with van der Waals surface area (Å²) >= 11 is 3.09. The third kappa shape index (κ3) is 3.59. The molecule has 1 N–H and O–H groups in total. The Kier molecular flexibility index (Phi) is 4.80. The number of thiophene rings is 1. The van der Waals surface area contributed by atoms with Gasteiger partial charge in [-0.2, -0.15) is 0 Å². The Hall–Kier alpha value is -2.19. The van der Waals surface area contributed by atoms with E-state index < -0.39 is 0 Å². The molecule has 0 aromatic carbocycles. The Morgan fingerprint density at radius 1 is 1.20 bits per heavy atom. The summed E-state index contributed by atoms with van der Waals surface area (Å²) in [5, 5.41) is 3.93. The summed E-state index contributed by atoms with van der Waals surface area (Å²) in [6.07, 6.45) is 3.50. The van der Waals surface area contributed by atoms with Gasteiger partial charge in [-0.3, -0.25) is 9.69 Å². The van der Waals surface area contributed by atoms with Crippen LogP contribution in [-0.2, 0) is 4.79 Å². The number of aromatic amines is 1. The minimum Gasteiger partial charge on any atom is -0.334 e. The van der Waals surface area contributed by atoms with Crippen molar-refractivity contribution in [1.82, 2.24) is 14.9 Å². The molecule has 4 heterocycles. The van der Waals surface area contributed by atoms with Crippen LogP contribution in [-0.4, -0.2) is 52.7 Å². The van der Waals surface area contributed by atoms with E-state index in [-0.39, 0.29) is 5.91 Å². The summed E-state index contributed by atoms with van der Waals surface area (Å²) in [5.41, 5.74) is 0. The number of thioether (sulfide) groups is 1. The van der Waals surface area contributed by atoms with Gasteiger partial charge in [0.05, 0.1) is 25.0 Å². The van der Waals surface area contributed by atoms with Gasteiger partial charge in [0.15, 0.2) is 0 Å². The van der Waals surface area contributed by atoms with Crippen molar-refractivity contribution in [2.75, 3.05) is 36.8 Å². The molecule has 128 valence electrons. The highest BCUT2D eigenvalue weighted by Crippen LogP contribution is 2.27. The van der Waals surface area contributed by atoms with Crippen molar-refractivity contribution in [2.24, 2.45) is 0 Å². The molecular weight excluding hydrogens is 354 g/mol. The van der Waals surface area contributed by atoms with Crippen molar-refractivity contribution in [3.63, 3.8) is 0 Å². The maximum absolute atomic E-state index is 12.5. The normalized spacial score (nSPS) is 14.9. The fourth-order valence-corrected chi connectivity index (χ4v) is 4.56. The number of anilines is 1. The van der Waals surface area contributed by atoms with Crippen LogP contribution in [0.5, 0.6) is 0 Å². The summed E-state index contributed by atoms with van der Waals surface area (Å²) in [4.78, 5) is 29.5. The molecule has 0 aliphatic carbocycles. The second-order valence-corrected chi connectivity index (χ2v) is 7.58. The number of nitrogens with one attached hydrogen (secondary N) is 1. The molecule has 6 nitrogen and oxygen atoms in total. The molecule has 8 heteroatoms. The monoisotopic (exact) mass is 372 g/mol. The Bertz CT molecular complexity index is 862. The van der Waals surface area contributed by atoms with Crippen molar-refractivity contribution in [3.8, 4) is 0 Å². The molecule has 3 aromatic heterocycles. The summed E-state index contributed by atoms with van der Waals surface area (Å²) in [6, 6.07) is 8.07. The highest BCUT2D eigenvalue weighted by molar-refractivity contribution is 8.00. The van der Waals surface area contributed by atoms with Crippen LogP contribution in [0.2, 0.25) is 0 Å². The quantitative estimate of drug-likeness (QED) is 0.517. The van der Waals surface area contributed by atoms with Gasteiger partial charge in [-0.05, 0) is 17.5 Å². The zero-order chi connectivity index (χ0) is 17.1. The molecule has 0 spiro atoms. The molecule has 0 radical (unpaired) electrons. The van der Waals surface area contributed by atoms with Crippen LogP contribution in [0.4, 0.5) is 5.82 Å². The van der Waals surface area contributed by atoms with Gasteiger partial charge in [-0.15, -0.1) is 11.3 Å². The molecule has 0 unspecified atom stereocenters. The van der Waals surface area contributed by atoms with E-state index in [2.05, 4.69) is 25.9 Å². The molecule has 1 saturated heterocycles. The number of H-pyrrole nitrogens is 1. The predicted octanol–water partition coefficient (Wildman–Crippen LogP) is 1.95. The standard InChI is InChI=1S/C17H17N5OS2/c23-15(11-25-17-13-4-10-24-16(13)19-12-20-17)22-8-6-21(7-9-22)14-3-1-2-5-18-14/h1-5,10,12H,6-9,11H2/p+1. The molecule has 0 atom stereocenters. The first kappa shape index (κ1) is 16.3. The lowest BCUT2D eigenvalue weighted by Gasteiger charge is -2.30. The first-order chi connectivity index (χ1) is 12.3. The second-order valence-electron chi connectivity index (χ2n) is 5.72. The van der Waals surface area contributed by atoms with Crippen molar-refractivity contribution < 1.29 is 9.78 Å². The van der Waals surface area contributed by atoms with E-state index in [9.17, 15) is 4.79 Å². The largest absolute Gasteiger partial charge is 0.334 e. The van der Waals surface area contributed by atoms with Gasteiger partial charge in [0.1, 0.15) is 29.3 Å². The smallest absolute Gasteiger partial charge is 0.274 e. The Morgan fingerprint density at radius 3 is 2.88 bits per heavy atom. The first-order valence-electron chi connectivity index (χ1n) is 8.12. The van der Waals surface area contributed by atoms with Crippen molar-refractivity contribution in [2.45, 2.75) is 5.03 Å². The van der Waals surface area contributed by atoms with Crippen LogP contribution in [0, 0.1) is 0 Å². The molecule has 0 saturated carbocycles. The number of rotatable bonds is 4. The minimum absolute atomic E-state index is 0.170. The summed E-state index contributed by atoms with van der Waals surface area (Å²) in [7, 11) is 0. The van der Waals surface area contributed by atoms with Crippen LogP contribution in [0.25, 0.3) is 10.2 Å². The van der Waals surface area contributed by atoms with Gasteiger partial charge in [0, 0.05) is 11.5 Å². The maximum atomic E-state index is 12.5. The van der Waals surface area contributed by atoms with Crippen molar-refractivity contribution >= 4 is 45.0 Å². The van der Waals surface area contributed by atoms with E-state index in [1.807, 2.05) is 34.7 Å². The van der Waals surface area contributed by atoms with E-state index >= 15 is 0 Å².